The summed E-state index contributed by atoms with van der Waals surface area (Å²) in [5.41, 5.74) is 0. The zero-order valence-corrected chi connectivity index (χ0v) is 8.69. The molecule has 0 fully saturated rings. The first-order valence-electron chi connectivity index (χ1n) is 5.16. The van der Waals surface area contributed by atoms with Crippen LogP contribution in [0.15, 0.2) is 0 Å². The summed E-state index contributed by atoms with van der Waals surface area (Å²) in [6, 6.07) is 0. The van der Waals surface area contributed by atoms with Gasteiger partial charge in [-0.05, 0) is 5.92 Å². The lowest BCUT2D eigenvalue weighted by atomic mass is 9.84. The minimum absolute atomic E-state index is 0.895. The molecule has 0 radical (unpaired) electrons. The minimum Gasteiger partial charge on any atom is -0.0725 e. The van der Waals surface area contributed by atoms with Crippen molar-refractivity contribution in [2.45, 2.75) is 58.7 Å². The van der Waals surface area contributed by atoms with Gasteiger partial charge in [0.25, 0.3) is 0 Å². The fraction of sp³-hybridized carbons (Fsp3) is 1.00. The van der Waals surface area contributed by atoms with Crippen LogP contribution in [0.1, 0.15) is 52.9 Å². The maximum Gasteiger partial charge on any atom is 0.105 e. The molecule has 0 N–H and O–H groups in total. The summed E-state index contributed by atoms with van der Waals surface area (Å²) >= 11 is 0. The van der Waals surface area contributed by atoms with Crippen molar-refractivity contribution in [2.24, 2.45) is 5.92 Å². The number of hydrogen-bond donors (Lipinski definition) is 0. The molecule has 2 atom stereocenters. The molecule has 0 aliphatic heterocycles. The molecule has 0 aliphatic carbocycles. The standard InChI is InChI=1S/C10H23B/c1-4-9(2)7-5-6-8-10(3)11/h9-10H,4-8,11H2,1-3H3. The normalized spacial score (nSPS) is 16.3. The molecular weight excluding hydrogens is 131 g/mol. The van der Waals surface area contributed by atoms with Gasteiger partial charge in [-0.25, -0.2) is 0 Å². The molecule has 66 valence electrons. The summed E-state index contributed by atoms with van der Waals surface area (Å²) in [6.45, 7) is 6.95. The second kappa shape index (κ2) is 6.76. The molecule has 0 aliphatic rings. The Labute approximate surface area is 73.2 Å². The lowest BCUT2D eigenvalue weighted by Crippen LogP contribution is -1.92. The maximum absolute atomic E-state index is 2.36. The van der Waals surface area contributed by atoms with Crippen LogP contribution in [0.25, 0.3) is 0 Å². The molecule has 0 saturated heterocycles. The van der Waals surface area contributed by atoms with Crippen LogP contribution in [-0.2, 0) is 0 Å². The fourth-order valence-electron chi connectivity index (χ4n) is 1.25. The lowest BCUT2D eigenvalue weighted by Gasteiger charge is -2.08. The van der Waals surface area contributed by atoms with Crippen molar-refractivity contribution in [3.63, 3.8) is 0 Å². The van der Waals surface area contributed by atoms with Crippen LogP contribution >= 0.6 is 0 Å². The zero-order valence-electron chi connectivity index (χ0n) is 8.69. The summed E-state index contributed by atoms with van der Waals surface area (Å²) in [4.78, 5) is 0. The monoisotopic (exact) mass is 154 g/mol. The first-order valence-corrected chi connectivity index (χ1v) is 5.16. The van der Waals surface area contributed by atoms with E-state index in [0.717, 1.165) is 11.7 Å². The van der Waals surface area contributed by atoms with Gasteiger partial charge in [0, 0.05) is 0 Å². The molecule has 0 heterocycles. The van der Waals surface area contributed by atoms with Crippen LogP contribution < -0.4 is 0 Å². The van der Waals surface area contributed by atoms with Crippen molar-refractivity contribution < 1.29 is 0 Å². The molecule has 0 amide bonds. The van der Waals surface area contributed by atoms with Crippen molar-refractivity contribution in [1.82, 2.24) is 0 Å². The third kappa shape index (κ3) is 7.97. The van der Waals surface area contributed by atoms with Gasteiger partial charge >= 0.3 is 0 Å². The van der Waals surface area contributed by atoms with E-state index in [1.165, 1.54) is 32.1 Å². The second-order valence-electron chi connectivity index (χ2n) is 4.19. The Balaban J connectivity index is 3.01. The molecule has 0 rings (SSSR count). The summed E-state index contributed by atoms with van der Waals surface area (Å²) in [6.07, 6.45) is 7.07. The second-order valence-corrected chi connectivity index (χ2v) is 4.19. The summed E-state index contributed by atoms with van der Waals surface area (Å²) in [7, 11) is 2.31. The molecule has 0 aromatic heterocycles. The van der Waals surface area contributed by atoms with Gasteiger partial charge in [-0.3, -0.25) is 0 Å². The summed E-state index contributed by atoms with van der Waals surface area (Å²) in [5.74, 6) is 1.84. The van der Waals surface area contributed by atoms with E-state index in [1.807, 2.05) is 0 Å². The highest BCUT2D eigenvalue weighted by molar-refractivity contribution is 6.11. The summed E-state index contributed by atoms with van der Waals surface area (Å²) < 4.78 is 0. The highest BCUT2D eigenvalue weighted by atomic mass is 14.0. The Hall–Kier alpha value is 0.0649. The van der Waals surface area contributed by atoms with Gasteiger partial charge in [0.2, 0.25) is 0 Å². The van der Waals surface area contributed by atoms with Crippen molar-refractivity contribution in [2.75, 3.05) is 0 Å². The van der Waals surface area contributed by atoms with E-state index in [0.29, 0.717) is 0 Å². The van der Waals surface area contributed by atoms with E-state index in [2.05, 4.69) is 28.6 Å². The Bertz CT molecular complexity index is 78.9. The van der Waals surface area contributed by atoms with E-state index in [-0.39, 0.29) is 0 Å². The molecule has 0 aromatic rings. The molecule has 0 bridgehead atoms. The highest BCUT2D eigenvalue weighted by Crippen LogP contribution is 2.15. The van der Waals surface area contributed by atoms with Crippen LogP contribution in [0.3, 0.4) is 0 Å². The van der Waals surface area contributed by atoms with Crippen molar-refractivity contribution in [3.8, 4) is 0 Å². The lowest BCUT2D eigenvalue weighted by molar-refractivity contribution is 0.477. The van der Waals surface area contributed by atoms with Gasteiger partial charge in [0.1, 0.15) is 7.85 Å². The van der Waals surface area contributed by atoms with Crippen LogP contribution in [0, 0.1) is 5.92 Å². The molecule has 0 aromatic carbocycles. The molecule has 11 heavy (non-hydrogen) atoms. The largest absolute Gasteiger partial charge is 0.105 e. The first-order chi connectivity index (χ1) is 5.16. The molecule has 2 unspecified atom stereocenters. The van der Waals surface area contributed by atoms with E-state index in [9.17, 15) is 0 Å². The Morgan fingerprint density at radius 3 is 2.09 bits per heavy atom. The van der Waals surface area contributed by atoms with Gasteiger partial charge in [0.05, 0.1) is 0 Å². The zero-order chi connectivity index (χ0) is 8.69. The van der Waals surface area contributed by atoms with E-state index >= 15 is 0 Å². The van der Waals surface area contributed by atoms with E-state index in [4.69, 9.17) is 0 Å². The average molecular weight is 154 g/mol. The van der Waals surface area contributed by atoms with Crippen LogP contribution in [0.2, 0.25) is 5.82 Å². The SMILES string of the molecule is BC(C)CCCCC(C)CC. The van der Waals surface area contributed by atoms with Gasteiger partial charge < -0.3 is 0 Å². The van der Waals surface area contributed by atoms with Crippen LogP contribution in [0.4, 0.5) is 0 Å². The predicted molar refractivity (Wildman–Crippen MR) is 55.9 cm³/mol. The molecule has 0 nitrogen and oxygen atoms in total. The average Bonchev–Trinajstić information content (AvgIpc) is 1.97. The first kappa shape index (κ1) is 11.1. The van der Waals surface area contributed by atoms with Crippen LogP contribution in [-0.4, -0.2) is 7.85 Å². The fourth-order valence-corrected chi connectivity index (χ4v) is 1.25. The Morgan fingerprint density at radius 1 is 1.09 bits per heavy atom. The Morgan fingerprint density at radius 2 is 1.64 bits per heavy atom. The molecule has 0 spiro atoms. The van der Waals surface area contributed by atoms with Gasteiger partial charge in [-0.15, -0.1) is 0 Å². The van der Waals surface area contributed by atoms with Gasteiger partial charge in [-0.2, -0.15) is 0 Å². The van der Waals surface area contributed by atoms with Crippen molar-refractivity contribution in [1.29, 1.82) is 0 Å². The molecular formula is C10H23B. The third-order valence-electron chi connectivity index (χ3n) is 2.43. The van der Waals surface area contributed by atoms with E-state index < -0.39 is 0 Å². The smallest absolute Gasteiger partial charge is 0.0725 e. The summed E-state index contributed by atoms with van der Waals surface area (Å²) in [5, 5.41) is 0. The minimum atomic E-state index is 0.895. The highest BCUT2D eigenvalue weighted by Gasteiger charge is 1.98. The maximum atomic E-state index is 2.36. The topological polar surface area (TPSA) is 0 Å². The predicted octanol–water partition coefficient (Wildman–Crippen LogP) is 3.03. The van der Waals surface area contributed by atoms with E-state index in [1.54, 1.807) is 0 Å². The van der Waals surface area contributed by atoms with Crippen molar-refractivity contribution in [3.05, 3.63) is 0 Å². The van der Waals surface area contributed by atoms with Crippen LogP contribution in [0.5, 0.6) is 0 Å². The third-order valence-corrected chi connectivity index (χ3v) is 2.43. The number of rotatable bonds is 6. The van der Waals surface area contributed by atoms with Crippen molar-refractivity contribution >= 4 is 7.85 Å². The Kier molecular flexibility index (Phi) is 6.80. The molecule has 1 heteroatoms. The quantitative estimate of drug-likeness (QED) is 0.407. The van der Waals surface area contributed by atoms with Gasteiger partial charge in [0.15, 0.2) is 0 Å². The van der Waals surface area contributed by atoms with Gasteiger partial charge in [-0.1, -0.05) is 58.7 Å². The molecule has 0 saturated carbocycles. The number of unbranched alkanes of at least 4 members (excludes halogenated alkanes) is 1. The number of hydrogen-bond acceptors (Lipinski definition) is 0.